The molecule has 2 aromatic carbocycles. The van der Waals surface area contributed by atoms with Crippen molar-refractivity contribution in [1.29, 1.82) is 0 Å². The van der Waals surface area contributed by atoms with Gasteiger partial charge in [-0.2, -0.15) is 0 Å². The van der Waals surface area contributed by atoms with Crippen LogP contribution < -0.4 is 0 Å². The standard InChI is InChI=1S/C18H14FN3/c1-11-6-7-15-16(8-11)21-18-17(20-15)12(2)10-22(18)14-5-3-4-13(19)9-14/h3-10H,1-2H3. The zero-order valence-corrected chi connectivity index (χ0v) is 12.3. The number of aromatic nitrogens is 3. The summed E-state index contributed by atoms with van der Waals surface area (Å²) >= 11 is 0. The molecule has 0 aliphatic heterocycles. The van der Waals surface area contributed by atoms with Crippen LogP contribution in [0.1, 0.15) is 11.1 Å². The molecule has 2 heterocycles. The van der Waals surface area contributed by atoms with Crippen LogP contribution in [0.4, 0.5) is 4.39 Å². The van der Waals surface area contributed by atoms with E-state index in [4.69, 9.17) is 9.97 Å². The van der Waals surface area contributed by atoms with Crippen LogP contribution in [0, 0.1) is 19.7 Å². The molecule has 4 heteroatoms. The Bertz CT molecular complexity index is 1020. The molecule has 0 amide bonds. The van der Waals surface area contributed by atoms with E-state index in [1.807, 2.05) is 48.9 Å². The quantitative estimate of drug-likeness (QED) is 0.522. The van der Waals surface area contributed by atoms with Gasteiger partial charge in [0.15, 0.2) is 5.65 Å². The van der Waals surface area contributed by atoms with Crippen molar-refractivity contribution in [3.63, 3.8) is 0 Å². The summed E-state index contributed by atoms with van der Waals surface area (Å²) in [5.41, 5.74) is 6.23. The fourth-order valence-corrected chi connectivity index (χ4v) is 2.73. The van der Waals surface area contributed by atoms with Gasteiger partial charge in [0.25, 0.3) is 0 Å². The van der Waals surface area contributed by atoms with Gasteiger partial charge in [0.1, 0.15) is 11.3 Å². The molecule has 0 atom stereocenters. The summed E-state index contributed by atoms with van der Waals surface area (Å²) in [5, 5.41) is 0. The van der Waals surface area contributed by atoms with Crippen LogP contribution in [-0.2, 0) is 0 Å². The first kappa shape index (κ1) is 13.0. The Morgan fingerprint density at radius 3 is 2.64 bits per heavy atom. The number of benzene rings is 2. The fraction of sp³-hybridized carbons (Fsp3) is 0.111. The summed E-state index contributed by atoms with van der Waals surface area (Å²) in [6, 6.07) is 12.5. The maximum Gasteiger partial charge on any atom is 0.164 e. The molecule has 3 nitrogen and oxygen atoms in total. The van der Waals surface area contributed by atoms with Crippen LogP contribution in [-0.4, -0.2) is 14.5 Å². The van der Waals surface area contributed by atoms with E-state index in [1.165, 1.54) is 12.1 Å². The molecule has 0 N–H and O–H groups in total. The largest absolute Gasteiger partial charge is 0.300 e. The number of fused-ring (bicyclic) bond motifs is 2. The topological polar surface area (TPSA) is 30.7 Å². The zero-order chi connectivity index (χ0) is 15.3. The summed E-state index contributed by atoms with van der Waals surface area (Å²) in [6.07, 6.45) is 1.95. The van der Waals surface area contributed by atoms with E-state index in [1.54, 1.807) is 6.07 Å². The predicted molar refractivity (Wildman–Crippen MR) is 85.8 cm³/mol. The molecular weight excluding hydrogens is 277 g/mol. The highest BCUT2D eigenvalue weighted by Crippen LogP contribution is 2.24. The van der Waals surface area contributed by atoms with Gasteiger partial charge in [-0.3, -0.25) is 4.57 Å². The summed E-state index contributed by atoms with van der Waals surface area (Å²) in [7, 11) is 0. The van der Waals surface area contributed by atoms with Crippen LogP contribution in [0.5, 0.6) is 0 Å². The number of nitrogens with zero attached hydrogens (tertiary/aromatic N) is 3. The number of hydrogen-bond donors (Lipinski definition) is 0. The Balaban J connectivity index is 2.07. The molecule has 2 aromatic heterocycles. The van der Waals surface area contributed by atoms with Crippen LogP contribution in [0.15, 0.2) is 48.7 Å². The Labute approximate surface area is 127 Å². The van der Waals surface area contributed by atoms with E-state index in [-0.39, 0.29) is 5.82 Å². The monoisotopic (exact) mass is 291 g/mol. The highest BCUT2D eigenvalue weighted by atomic mass is 19.1. The second-order valence-electron chi connectivity index (χ2n) is 5.55. The van der Waals surface area contributed by atoms with Gasteiger partial charge in [0.05, 0.1) is 11.0 Å². The predicted octanol–water partition coefficient (Wildman–Crippen LogP) is 4.33. The van der Waals surface area contributed by atoms with Crippen molar-refractivity contribution in [3.05, 3.63) is 65.6 Å². The highest BCUT2D eigenvalue weighted by molar-refractivity contribution is 5.88. The van der Waals surface area contributed by atoms with Gasteiger partial charge in [0.2, 0.25) is 0 Å². The van der Waals surface area contributed by atoms with Crippen molar-refractivity contribution in [2.75, 3.05) is 0 Å². The molecule has 0 aliphatic carbocycles. The lowest BCUT2D eigenvalue weighted by Crippen LogP contribution is -1.96. The van der Waals surface area contributed by atoms with E-state index >= 15 is 0 Å². The molecule has 0 aliphatic rings. The SMILES string of the molecule is Cc1ccc2nc3c(C)cn(-c4cccc(F)c4)c3nc2c1. The van der Waals surface area contributed by atoms with Crippen molar-refractivity contribution in [1.82, 2.24) is 14.5 Å². The average molecular weight is 291 g/mol. The van der Waals surface area contributed by atoms with Gasteiger partial charge in [-0.1, -0.05) is 12.1 Å². The third kappa shape index (κ3) is 1.96. The number of halogens is 1. The lowest BCUT2D eigenvalue weighted by Gasteiger charge is -2.05. The van der Waals surface area contributed by atoms with Crippen LogP contribution in [0.25, 0.3) is 27.9 Å². The van der Waals surface area contributed by atoms with E-state index < -0.39 is 0 Å². The minimum Gasteiger partial charge on any atom is -0.300 e. The van der Waals surface area contributed by atoms with Crippen molar-refractivity contribution < 1.29 is 4.39 Å². The van der Waals surface area contributed by atoms with E-state index in [9.17, 15) is 4.39 Å². The molecule has 4 aromatic rings. The first-order chi connectivity index (χ1) is 10.6. The van der Waals surface area contributed by atoms with Crippen molar-refractivity contribution in [3.8, 4) is 5.69 Å². The molecule has 0 fully saturated rings. The number of hydrogen-bond acceptors (Lipinski definition) is 2. The molecule has 4 rings (SSSR count). The third-order valence-electron chi connectivity index (χ3n) is 3.81. The Morgan fingerprint density at radius 1 is 0.955 bits per heavy atom. The van der Waals surface area contributed by atoms with Crippen molar-refractivity contribution >= 4 is 22.2 Å². The molecule has 0 saturated heterocycles. The first-order valence-corrected chi connectivity index (χ1v) is 7.14. The van der Waals surface area contributed by atoms with Gasteiger partial charge >= 0.3 is 0 Å². The minimum atomic E-state index is -0.262. The van der Waals surface area contributed by atoms with Gasteiger partial charge in [-0.15, -0.1) is 0 Å². The second kappa shape index (κ2) is 4.63. The van der Waals surface area contributed by atoms with Gasteiger partial charge in [-0.25, -0.2) is 14.4 Å². The normalized spacial score (nSPS) is 11.4. The second-order valence-corrected chi connectivity index (χ2v) is 5.55. The molecule has 0 spiro atoms. The minimum absolute atomic E-state index is 0.262. The number of rotatable bonds is 1. The smallest absolute Gasteiger partial charge is 0.164 e. The van der Waals surface area contributed by atoms with Crippen molar-refractivity contribution in [2.24, 2.45) is 0 Å². The van der Waals surface area contributed by atoms with E-state index in [0.29, 0.717) is 0 Å². The molecule has 0 radical (unpaired) electrons. The number of aryl methyl sites for hydroxylation is 2. The summed E-state index contributed by atoms with van der Waals surface area (Å²) in [5.74, 6) is -0.262. The van der Waals surface area contributed by atoms with Crippen LogP contribution in [0.3, 0.4) is 0 Å². The van der Waals surface area contributed by atoms with Crippen LogP contribution >= 0.6 is 0 Å². The van der Waals surface area contributed by atoms with E-state index in [2.05, 4.69) is 0 Å². The first-order valence-electron chi connectivity index (χ1n) is 7.14. The molecular formula is C18H14FN3. The Kier molecular flexibility index (Phi) is 2.73. The Hall–Kier alpha value is -2.75. The Morgan fingerprint density at radius 2 is 1.82 bits per heavy atom. The molecule has 22 heavy (non-hydrogen) atoms. The van der Waals surface area contributed by atoms with Crippen molar-refractivity contribution in [2.45, 2.75) is 13.8 Å². The highest BCUT2D eigenvalue weighted by Gasteiger charge is 2.12. The average Bonchev–Trinajstić information content (AvgIpc) is 2.82. The lowest BCUT2D eigenvalue weighted by atomic mass is 10.2. The maximum atomic E-state index is 13.5. The molecule has 0 bridgehead atoms. The molecule has 0 unspecified atom stereocenters. The van der Waals surface area contributed by atoms with Gasteiger partial charge in [0, 0.05) is 11.9 Å². The fourth-order valence-electron chi connectivity index (χ4n) is 2.73. The summed E-state index contributed by atoms with van der Waals surface area (Å²) in [4.78, 5) is 9.45. The maximum absolute atomic E-state index is 13.5. The molecule has 0 saturated carbocycles. The molecule has 108 valence electrons. The summed E-state index contributed by atoms with van der Waals surface area (Å²) in [6.45, 7) is 4.02. The summed E-state index contributed by atoms with van der Waals surface area (Å²) < 4.78 is 15.4. The van der Waals surface area contributed by atoms with Gasteiger partial charge in [-0.05, 0) is 55.3 Å². The lowest BCUT2D eigenvalue weighted by molar-refractivity contribution is 0.627. The van der Waals surface area contributed by atoms with E-state index in [0.717, 1.165) is 39.0 Å². The van der Waals surface area contributed by atoms with Crippen LogP contribution in [0.2, 0.25) is 0 Å². The zero-order valence-electron chi connectivity index (χ0n) is 12.3. The third-order valence-corrected chi connectivity index (χ3v) is 3.81. The van der Waals surface area contributed by atoms with Gasteiger partial charge < -0.3 is 0 Å².